The van der Waals surface area contributed by atoms with E-state index >= 15 is 0 Å². The molecule has 0 spiro atoms. The van der Waals surface area contributed by atoms with E-state index < -0.39 is 40.1 Å². The maximum absolute atomic E-state index is 13.2. The molecule has 0 radical (unpaired) electrons. The Bertz CT molecular complexity index is 1220. The van der Waals surface area contributed by atoms with Crippen molar-refractivity contribution in [3.63, 3.8) is 0 Å². The number of anilines is 1. The van der Waals surface area contributed by atoms with Gasteiger partial charge in [-0.15, -0.1) is 0 Å². The number of rotatable bonds is 6. The molecule has 1 aliphatic rings. The second-order valence-electron chi connectivity index (χ2n) is 7.98. The SMILES string of the molecule is CCOC(=O)c1cccc(NC(=O)N2CC(C)(C(=O)OCC)C(c3ccc(C(F)(F)F)c(Cl)c3)=N2)c1. The molecule has 1 heterocycles. The average Bonchev–Trinajstić information content (AvgIpc) is 3.17. The number of esters is 2. The summed E-state index contributed by atoms with van der Waals surface area (Å²) >= 11 is 5.87. The van der Waals surface area contributed by atoms with E-state index in [0.717, 1.165) is 23.2 Å². The van der Waals surface area contributed by atoms with E-state index in [1.54, 1.807) is 26.0 Å². The minimum absolute atomic E-state index is 0.0204. The van der Waals surface area contributed by atoms with Crippen LogP contribution in [0.2, 0.25) is 5.02 Å². The summed E-state index contributed by atoms with van der Waals surface area (Å²) in [5, 5.41) is 7.21. The Morgan fingerprint density at radius 3 is 2.42 bits per heavy atom. The minimum atomic E-state index is -4.67. The third-order valence-electron chi connectivity index (χ3n) is 5.34. The Morgan fingerprint density at radius 1 is 1.11 bits per heavy atom. The van der Waals surface area contributed by atoms with E-state index in [0.29, 0.717) is 0 Å². The number of carbonyl (C=O) groups is 3. The molecular formula is C24H23ClF3N3O5. The molecule has 0 saturated heterocycles. The van der Waals surface area contributed by atoms with Gasteiger partial charge in [0.2, 0.25) is 0 Å². The van der Waals surface area contributed by atoms with Crippen LogP contribution in [0.3, 0.4) is 0 Å². The van der Waals surface area contributed by atoms with Crippen molar-refractivity contribution in [1.29, 1.82) is 0 Å². The van der Waals surface area contributed by atoms with E-state index in [-0.39, 0.29) is 42.3 Å². The van der Waals surface area contributed by atoms with Crippen molar-refractivity contribution in [2.45, 2.75) is 26.9 Å². The molecule has 0 aromatic heterocycles. The summed E-state index contributed by atoms with van der Waals surface area (Å²) < 4.78 is 49.6. The zero-order valence-electron chi connectivity index (χ0n) is 19.6. The molecular weight excluding hydrogens is 503 g/mol. The first kappa shape index (κ1) is 27.0. The van der Waals surface area contributed by atoms with Crippen LogP contribution in [0, 0.1) is 5.41 Å². The van der Waals surface area contributed by atoms with Gasteiger partial charge in [-0.05, 0) is 51.1 Å². The monoisotopic (exact) mass is 525 g/mol. The first-order chi connectivity index (χ1) is 16.9. The molecule has 0 bridgehead atoms. The molecule has 1 atom stereocenters. The van der Waals surface area contributed by atoms with Gasteiger partial charge in [0.05, 0.1) is 41.6 Å². The molecule has 1 unspecified atom stereocenters. The second kappa shape index (κ2) is 10.6. The molecule has 8 nitrogen and oxygen atoms in total. The molecule has 1 aliphatic heterocycles. The predicted octanol–water partition coefficient (Wildman–Crippen LogP) is 5.36. The Hall–Kier alpha value is -3.60. The van der Waals surface area contributed by atoms with Crippen molar-refractivity contribution >= 4 is 41.0 Å². The van der Waals surface area contributed by atoms with E-state index in [1.165, 1.54) is 19.1 Å². The summed E-state index contributed by atoms with van der Waals surface area (Å²) in [4.78, 5) is 37.8. The zero-order valence-corrected chi connectivity index (χ0v) is 20.4. The topological polar surface area (TPSA) is 97.3 Å². The van der Waals surface area contributed by atoms with Crippen LogP contribution >= 0.6 is 11.6 Å². The maximum atomic E-state index is 13.2. The van der Waals surface area contributed by atoms with Gasteiger partial charge in [0.1, 0.15) is 5.41 Å². The molecule has 0 aliphatic carbocycles. The lowest BCUT2D eigenvalue weighted by Gasteiger charge is -2.24. The molecule has 192 valence electrons. The van der Waals surface area contributed by atoms with Gasteiger partial charge in [-0.1, -0.05) is 23.7 Å². The summed E-state index contributed by atoms with van der Waals surface area (Å²) in [5.74, 6) is -1.27. The fourth-order valence-corrected chi connectivity index (χ4v) is 3.89. The molecule has 1 N–H and O–H groups in total. The molecule has 0 saturated carbocycles. The molecule has 36 heavy (non-hydrogen) atoms. The fraction of sp³-hybridized carbons (Fsp3) is 0.333. The lowest BCUT2D eigenvalue weighted by molar-refractivity contribution is -0.150. The van der Waals surface area contributed by atoms with Crippen LogP contribution in [-0.2, 0) is 20.4 Å². The fourth-order valence-electron chi connectivity index (χ4n) is 3.60. The van der Waals surface area contributed by atoms with Gasteiger partial charge in [-0.3, -0.25) is 4.79 Å². The summed E-state index contributed by atoms with van der Waals surface area (Å²) in [6.07, 6.45) is -4.67. The van der Waals surface area contributed by atoms with Crippen LogP contribution in [-0.4, -0.2) is 48.4 Å². The Kier molecular flexibility index (Phi) is 7.92. The van der Waals surface area contributed by atoms with Crippen molar-refractivity contribution in [3.05, 3.63) is 64.2 Å². The number of urea groups is 1. The van der Waals surface area contributed by atoms with Crippen LogP contribution in [0.4, 0.5) is 23.7 Å². The highest BCUT2D eigenvalue weighted by Gasteiger charge is 2.49. The van der Waals surface area contributed by atoms with Crippen molar-refractivity contribution in [2.24, 2.45) is 10.5 Å². The predicted molar refractivity (Wildman–Crippen MR) is 126 cm³/mol. The molecule has 0 fully saturated rings. The average molecular weight is 526 g/mol. The smallest absolute Gasteiger partial charge is 0.417 e. The van der Waals surface area contributed by atoms with Crippen molar-refractivity contribution < 1.29 is 37.0 Å². The summed E-state index contributed by atoms with van der Waals surface area (Å²) in [6, 6.07) is 8.26. The molecule has 2 amide bonds. The Morgan fingerprint density at radius 2 is 1.81 bits per heavy atom. The van der Waals surface area contributed by atoms with Gasteiger partial charge >= 0.3 is 24.1 Å². The zero-order chi connectivity index (χ0) is 26.7. The van der Waals surface area contributed by atoms with E-state index in [2.05, 4.69) is 10.4 Å². The maximum Gasteiger partial charge on any atom is 0.417 e. The summed E-state index contributed by atoms with van der Waals surface area (Å²) in [5.41, 5.74) is -1.89. The number of halogens is 4. The Balaban J connectivity index is 1.94. The number of benzene rings is 2. The van der Waals surface area contributed by atoms with E-state index in [4.69, 9.17) is 21.1 Å². The second-order valence-corrected chi connectivity index (χ2v) is 8.39. The third kappa shape index (κ3) is 5.62. The largest absolute Gasteiger partial charge is 0.465 e. The Labute approximate surface area is 210 Å². The van der Waals surface area contributed by atoms with Gasteiger partial charge in [0.25, 0.3) is 0 Å². The molecule has 3 rings (SSSR count). The van der Waals surface area contributed by atoms with Gasteiger partial charge in [0.15, 0.2) is 0 Å². The van der Waals surface area contributed by atoms with Crippen LogP contribution in [0.5, 0.6) is 0 Å². The highest BCUT2D eigenvalue weighted by atomic mass is 35.5. The van der Waals surface area contributed by atoms with Crippen molar-refractivity contribution in [3.8, 4) is 0 Å². The number of alkyl halides is 3. The third-order valence-corrected chi connectivity index (χ3v) is 5.66. The lowest BCUT2D eigenvalue weighted by Crippen LogP contribution is -2.42. The van der Waals surface area contributed by atoms with E-state index in [1.807, 2.05) is 0 Å². The normalized spacial score (nSPS) is 17.4. The highest BCUT2D eigenvalue weighted by molar-refractivity contribution is 6.32. The number of nitrogens with zero attached hydrogens (tertiary/aromatic N) is 2. The molecule has 12 heteroatoms. The van der Waals surface area contributed by atoms with Crippen LogP contribution in [0.15, 0.2) is 47.6 Å². The van der Waals surface area contributed by atoms with Crippen LogP contribution in [0.1, 0.15) is 42.3 Å². The standard InChI is InChI=1S/C24H23ClF3N3O5/c1-4-35-20(32)15-7-6-8-16(11-15)29-22(34)31-13-23(3,21(33)36-5-2)19(30-31)14-9-10-17(18(25)12-14)24(26,27)28/h6-12H,4-5,13H2,1-3H3,(H,29,34). The molecule has 2 aromatic rings. The number of carbonyl (C=O) groups excluding carboxylic acids is 3. The van der Waals surface area contributed by atoms with Gasteiger partial charge in [-0.25, -0.2) is 14.6 Å². The number of hydrazone groups is 1. The number of hydrogen-bond acceptors (Lipinski definition) is 6. The quantitative estimate of drug-likeness (QED) is 0.512. The van der Waals surface area contributed by atoms with Crippen LogP contribution < -0.4 is 5.32 Å². The van der Waals surface area contributed by atoms with Gasteiger partial charge in [0, 0.05) is 11.3 Å². The number of amides is 2. The first-order valence-corrected chi connectivity index (χ1v) is 11.3. The lowest BCUT2D eigenvalue weighted by atomic mass is 9.82. The highest BCUT2D eigenvalue weighted by Crippen LogP contribution is 2.38. The number of nitrogens with one attached hydrogen (secondary N) is 1. The van der Waals surface area contributed by atoms with Gasteiger partial charge < -0.3 is 14.8 Å². The summed E-state index contributed by atoms with van der Waals surface area (Å²) in [7, 11) is 0. The van der Waals surface area contributed by atoms with Crippen molar-refractivity contribution in [2.75, 3.05) is 25.1 Å². The van der Waals surface area contributed by atoms with Crippen molar-refractivity contribution in [1.82, 2.24) is 5.01 Å². The van der Waals surface area contributed by atoms with E-state index in [9.17, 15) is 27.6 Å². The molecule has 2 aromatic carbocycles. The minimum Gasteiger partial charge on any atom is -0.465 e. The summed E-state index contributed by atoms with van der Waals surface area (Å²) in [6.45, 7) is 4.72. The number of ether oxygens (including phenoxy) is 2. The van der Waals surface area contributed by atoms with Crippen LogP contribution in [0.25, 0.3) is 0 Å². The first-order valence-electron chi connectivity index (χ1n) is 10.9. The van der Waals surface area contributed by atoms with Gasteiger partial charge in [-0.2, -0.15) is 18.3 Å². The number of hydrogen-bond donors (Lipinski definition) is 1.